The average molecular weight is 201 g/mol. The van der Waals surface area contributed by atoms with Gasteiger partial charge in [0.2, 0.25) is 0 Å². The largest absolute Gasteiger partial charge is 0.383 e. The van der Waals surface area contributed by atoms with Gasteiger partial charge in [-0.25, -0.2) is 0 Å². The molecule has 0 aliphatic heterocycles. The second-order valence-corrected chi connectivity index (χ2v) is 3.23. The molecule has 2 rings (SSSR count). The van der Waals surface area contributed by atoms with Crippen LogP contribution in [0, 0.1) is 6.07 Å². The molecule has 0 spiro atoms. The van der Waals surface area contributed by atoms with Crippen molar-refractivity contribution in [2.24, 2.45) is 0 Å². The van der Waals surface area contributed by atoms with Crippen LogP contribution in [0.25, 0.3) is 10.9 Å². The minimum atomic E-state index is 0.684. The van der Waals surface area contributed by atoms with E-state index in [-0.39, 0.29) is 0 Å². The highest BCUT2D eigenvalue weighted by Crippen LogP contribution is 2.19. The third-order valence-electron chi connectivity index (χ3n) is 2.18. The average Bonchev–Trinajstić information content (AvgIpc) is 2.30. The first-order chi connectivity index (χ1) is 7.42. The summed E-state index contributed by atoms with van der Waals surface area (Å²) in [7, 11) is 1.69. The second kappa shape index (κ2) is 4.75. The summed E-state index contributed by atoms with van der Waals surface area (Å²) in [6.45, 7) is 1.46. The summed E-state index contributed by atoms with van der Waals surface area (Å²) in [5, 5.41) is 4.37. The van der Waals surface area contributed by atoms with Gasteiger partial charge < -0.3 is 10.1 Å². The lowest BCUT2D eigenvalue weighted by atomic mass is 10.2. The maximum Gasteiger partial charge on any atom is 0.0933 e. The molecule has 1 aromatic carbocycles. The zero-order chi connectivity index (χ0) is 10.5. The molecular weight excluding hydrogens is 188 g/mol. The summed E-state index contributed by atoms with van der Waals surface area (Å²) < 4.78 is 4.98. The summed E-state index contributed by atoms with van der Waals surface area (Å²) in [6.07, 6.45) is 1.80. The molecule has 0 fully saturated rings. The minimum Gasteiger partial charge on any atom is -0.383 e. The highest BCUT2D eigenvalue weighted by molar-refractivity contribution is 5.89. The summed E-state index contributed by atoms with van der Waals surface area (Å²) in [5.74, 6) is 0. The predicted molar refractivity (Wildman–Crippen MR) is 60.9 cm³/mol. The van der Waals surface area contributed by atoms with Gasteiger partial charge in [-0.1, -0.05) is 6.07 Å². The van der Waals surface area contributed by atoms with E-state index in [0.717, 1.165) is 23.1 Å². The summed E-state index contributed by atoms with van der Waals surface area (Å²) in [5.41, 5.74) is 1.98. The smallest absolute Gasteiger partial charge is 0.0933 e. The van der Waals surface area contributed by atoms with Crippen LogP contribution < -0.4 is 5.32 Å². The molecular formula is C12H13N2O. The van der Waals surface area contributed by atoms with Crippen molar-refractivity contribution in [3.05, 3.63) is 36.5 Å². The van der Waals surface area contributed by atoms with Crippen LogP contribution >= 0.6 is 0 Å². The van der Waals surface area contributed by atoms with Gasteiger partial charge in [-0.05, 0) is 24.3 Å². The number of fused-ring (bicyclic) bond motifs is 1. The van der Waals surface area contributed by atoms with Crippen LogP contribution in [0.2, 0.25) is 0 Å². The quantitative estimate of drug-likeness (QED) is 0.769. The molecule has 0 aliphatic carbocycles. The summed E-state index contributed by atoms with van der Waals surface area (Å²) in [4.78, 5) is 4.34. The van der Waals surface area contributed by atoms with Crippen molar-refractivity contribution in [2.75, 3.05) is 25.6 Å². The topological polar surface area (TPSA) is 34.1 Å². The monoisotopic (exact) mass is 201 g/mol. The Hall–Kier alpha value is -1.61. The van der Waals surface area contributed by atoms with Crippen molar-refractivity contribution >= 4 is 16.6 Å². The van der Waals surface area contributed by atoms with E-state index in [2.05, 4.69) is 16.4 Å². The fraction of sp³-hybridized carbons (Fsp3) is 0.250. The van der Waals surface area contributed by atoms with Gasteiger partial charge in [0, 0.05) is 25.2 Å². The molecule has 2 aromatic rings. The van der Waals surface area contributed by atoms with Crippen molar-refractivity contribution in [2.45, 2.75) is 0 Å². The summed E-state index contributed by atoms with van der Waals surface area (Å²) in [6, 6.07) is 10.9. The van der Waals surface area contributed by atoms with Crippen LogP contribution in [-0.2, 0) is 4.74 Å². The zero-order valence-electron chi connectivity index (χ0n) is 8.66. The van der Waals surface area contributed by atoms with E-state index in [1.165, 1.54) is 0 Å². The number of methoxy groups -OCH3 is 1. The van der Waals surface area contributed by atoms with Crippen LogP contribution in [0.1, 0.15) is 0 Å². The molecule has 0 bridgehead atoms. The Labute approximate surface area is 89.1 Å². The molecule has 1 aromatic heterocycles. The Kier molecular flexibility index (Phi) is 3.15. The molecule has 0 unspecified atom stereocenters. The van der Waals surface area contributed by atoms with Crippen LogP contribution in [0.15, 0.2) is 30.5 Å². The molecule has 3 nitrogen and oxygen atoms in total. The van der Waals surface area contributed by atoms with E-state index in [1.54, 1.807) is 13.3 Å². The van der Waals surface area contributed by atoms with E-state index in [1.807, 2.05) is 24.3 Å². The third-order valence-corrected chi connectivity index (χ3v) is 2.18. The number of rotatable bonds is 4. The number of aromatic nitrogens is 1. The van der Waals surface area contributed by atoms with Gasteiger partial charge in [-0.2, -0.15) is 0 Å². The standard InChI is InChI=1S/C12H13N2O/c1-15-9-8-13-11-6-2-4-10-5-3-7-14-12(10)11/h3-7,13H,8-9H2,1H3. The number of anilines is 1. The first kappa shape index (κ1) is 9.93. The van der Waals surface area contributed by atoms with Gasteiger partial charge in [0.1, 0.15) is 0 Å². The molecule has 0 atom stereocenters. The second-order valence-electron chi connectivity index (χ2n) is 3.23. The Balaban J connectivity index is 2.26. The molecule has 3 heteroatoms. The molecule has 0 saturated carbocycles. The van der Waals surface area contributed by atoms with E-state index in [0.29, 0.717) is 6.61 Å². The molecule has 1 N–H and O–H groups in total. The lowest BCUT2D eigenvalue weighted by molar-refractivity contribution is 0.211. The lowest BCUT2D eigenvalue weighted by Gasteiger charge is -2.07. The van der Waals surface area contributed by atoms with Gasteiger partial charge in [0.15, 0.2) is 0 Å². The van der Waals surface area contributed by atoms with Crippen molar-refractivity contribution < 1.29 is 4.74 Å². The first-order valence-corrected chi connectivity index (χ1v) is 4.89. The highest BCUT2D eigenvalue weighted by atomic mass is 16.5. The first-order valence-electron chi connectivity index (χ1n) is 4.89. The number of pyridine rings is 1. The highest BCUT2D eigenvalue weighted by Gasteiger charge is 1.99. The molecule has 0 amide bonds. The van der Waals surface area contributed by atoms with Gasteiger partial charge in [-0.15, -0.1) is 0 Å². The number of benzene rings is 1. The zero-order valence-corrected chi connectivity index (χ0v) is 8.66. The van der Waals surface area contributed by atoms with Crippen LogP contribution in [0.4, 0.5) is 5.69 Å². The fourth-order valence-electron chi connectivity index (χ4n) is 1.46. The number of nitrogens with one attached hydrogen (secondary N) is 1. The Morgan fingerprint density at radius 1 is 1.47 bits per heavy atom. The van der Waals surface area contributed by atoms with E-state index >= 15 is 0 Å². The van der Waals surface area contributed by atoms with Crippen LogP contribution in [0.5, 0.6) is 0 Å². The van der Waals surface area contributed by atoms with Crippen molar-refractivity contribution in [1.82, 2.24) is 4.98 Å². The molecule has 15 heavy (non-hydrogen) atoms. The van der Waals surface area contributed by atoms with Crippen molar-refractivity contribution in [3.8, 4) is 0 Å². The van der Waals surface area contributed by atoms with Crippen LogP contribution in [-0.4, -0.2) is 25.2 Å². The molecule has 0 saturated heterocycles. The third kappa shape index (κ3) is 2.25. The fourth-order valence-corrected chi connectivity index (χ4v) is 1.46. The number of hydrogen-bond acceptors (Lipinski definition) is 3. The molecule has 1 heterocycles. The van der Waals surface area contributed by atoms with E-state index in [9.17, 15) is 0 Å². The number of ether oxygens (including phenoxy) is 1. The Morgan fingerprint density at radius 2 is 2.40 bits per heavy atom. The van der Waals surface area contributed by atoms with Gasteiger partial charge in [0.05, 0.1) is 17.8 Å². The Morgan fingerprint density at radius 3 is 3.27 bits per heavy atom. The SMILES string of the molecule is COCCNc1c[c]cc2cccnc12. The molecule has 1 radical (unpaired) electrons. The van der Waals surface area contributed by atoms with Crippen molar-refractivity contribution in [3.63, 3.8) is 0 Å². The Bertz CT molecular complexity index is 437. The molecule has 0 aliphatic rings. The lowest BCUT2D eigenvalue weighted by Crippen LogP contribution is -2.08. The van der Waals surface area contributed by atoms with Gasteiger partial charge >= 0.3 is 0 Å². The van der Waals surface area contributed by atoms with Crippen LogP contribution in [0.3, 0.4) is 0 Å². The van der Waals surface area contributed by atoms with Gasteiger partial charge in [0.25, 0.3) is 0 Å². The maximum absolute atomic E-state index is 4.98. The molecule has 77 valence electrons. The normalized spacial score (nSPS) is 10.5. The number of nitrogens with zero attached hydrogens (tertiary/aromatic N) is 1. The van der Waals surface area contributed by atoms with E-state index < -0.39 is 0 Å². The van der Waals surface area contributed by atoms with E-state index in [4.69, 9.17) is 4.74 Å². The number of hydrogen-bond donors (Lipinski definition) is 1. The van der Waals surface area contributed by atoms with Crippen molar-refractivity contribution in [1.29, 1.82) is 0 Å². The minimum absolute atomic E-state index is 0.684. The maximum atomic E-state index is 4.98. The predicted octanol–water partition coefficient (Wildman–Crippen LogP) is 2.09. The van der Waals surface area contributed by atoms with Gasteiger partial charge in [-0.3, -0.25) is 4.98 Å². The summed E-state index contributed by atoms with van der Waals surface area (Å²) >= 11 is 0.